The van der Waals surface area contributed by atoms with E-state index in [2.05, 4.69) is 66.5 Å². The fourth-order valence-electron chi connectivity index (χ4n) is 3.95. The molecule has 0 saturated carbocycles. The van der Waals surface area contributed by atoms with Crippen LogP contribution >= 0.6 is 8.19 Å². The van der Waals surface area contributed by atoms with Crippen molar-refractivity contribution in [2.45, 2.75) is 11.8 Å². The summed E-state index contributed by atoms with van der Waals surface area (Å²) in [5.41, 5.74) is 7.60. The molecule has 0 aliphatic heterocycles. The third kappa shape index (κ3) is 1.21. The van der Waals surface area contributed by atoms with Crippen molar-refractivity contribution < 1.29 is 0 Å². The second kappa shape index (κ2) is 3.81. The molecule has 3 aliphatic carbocycles. The zero-order valence-corrected chi connectivity index (χ0v) is 11.8. The zero-order valence-electron chi connectivity index (χ0n) is 11.0. The van der Waals surface area contributed by atoms with Gasteiger partial charge in [0.05, 0.1) is 0 Å². The van der Waals surface area contributed by atoms with Crippen LogP contribution in [0.25, 0.3) is 0 Å². The number of rotatable bonds is 0. The third-order valence-electron chi connectivity index (χ3n) is 4.69. The van der Waals surface area contributed by atoms with E-state index in [4.69, 9.17) is 0 Å². The monoisotopic (exact) mass is 272 g/mol. The molecule has 0 unspecified atom stereocenters. The molecular weight excluding hydrogens is 259 g/mol. The highest BCUT2D eigenvalue weighted by Gasteiger charge is 2.40. The van der Waals surface area contributed by atoms with Gasteiger partial charge in [-0.2, -0.15) is 0 Å². The summed E-state index contributed by atoms with van der Waals surface area (Å²) in [6, 6.07) is 22.5. The van der Waals surface area contributed by atoms with Crippen LogP contribution in [0.3, 0.4) is 0 Å². The fraction of sp³-hybridized carbons (Fsp3) is 0.105. The Hall–Kier alpha value is -1.91. The maximum atomic E-state index is 2.33. The lowest BCUT2D eigenvalue weighted by atomic mass is 9.64. The maximum absolute atomic E-state index is 2.33. The van der Waals surface area contributed by atoms with Crippen molar-refractivity contribution in [2.24, 2.45) is 0 Å². The Morgan fingerprint density at radius 1 is 0.550 bits per heavy atom. The van der Waals surface area contributed by atoms with Gasteiger partial charge in [-0.25, -0.2) is 0 Å². The van der Waals surface area contributed by atoms with Gasteiger partial charge < -0.3 is 0 Å². The van der Waals surface area contributed by atoms with Gasteiger partial charge in [-0.05, 0) is 38.9 Å². The van der Waals surface area contributed by atoms with Crippen LogP contribution < -0.4 is 0 Å². The van der Waals surface area contributed by atoms with E-state index in [0.29, 0.717) is 11.8 Å². The van der Waals surface area contributed by atoms with E-state index in [-0.39, 0.29) is 0 Å². The largest absolute Gasteiger partial charge is 0.0716 e. The molecule has 0 spiro atoms. The lowest BCUT2D eigenvalue weighted by Crippen LogP contribution is -2.26. The van der Waals surface area contributed by atoms with E-state index in [1.165, 1.54) is 36.0 Å². The highest BCUT2D eigenvalue weighted by atomic mass is 31.0. The van der Waals surface area contributed by atoms with Gasteiger partial charge in [0.1, 0.15) is 0 Å². The van der Waals surface area contributed by atoms with Crippen molar-refractivity contribution in [3.8, 4) is 0 Å². The van der Waals surface area contributed by atoms with E-state index in [1.807, 2.05) is 0 Å². The lowest BCUT2D eigenvalue weighted by molar-refractivity contribution is 0.769. The van der Waals surface area contributed by atoms with Gasteiger partial charge in [0, 0.05) is 11.8 Å². The summed E-state index contributed by atoms with van der Waals surface area (Å²) in [4.78, 5) is 0. The van der Waals surface area contributed by atoms with E-state index in [1.54, 1.807) is 5.30 Å². The predicted molar refractivity (Wildman–Crippen MR) is 83.7 cm³/mol. The van der Waals surface area contributed by atoms with Gasteiger partial charge in [-0.15, -0.1) is 0 Å². The molecule has 1 heteroatoms. The Bertz CT molecular complexity index is 653. The van der Waals surface area contributed by atoms with Gasteiger partial charge in [0.2, 0.25) is 0 Å². The van der Waals surface area contributed by atoms with Gasteiger partial charge in [0.15, 0.2) is 0 Å². The minimum Gasteiger partial charge on any atom is -0.0716 e. The fourth-order valence-corrected chi connectivity index (χ4v) is 5.07. The molecule has 1 heterocycles. The normalized spacial score (nSPS) is 21.4. The van der Waals surface area contributed by atoms with Crippen LogP contribution in [0.4, 0.5) is 0 Å². The average molecular weight is 272 g/mol. The second-order valence-corrected chi connectivity index (χ2v) is 6.64. The Kier molecular flexibility index (Phi) is 2.06. The van der Waals surface area contributed by atoms with Gasteiger partial charge in [0.25, 0.3) is 0 Å². The van der Waals surface area contributed by atoms with Crippen molar-refractivity contribution in [1.82, 2.24) is 0 Å². The summed E-state index contributed by atoms with van der Waals surface area (Å²) < 4.78 is 0. The van der Waals surface area contributed by atoms with Crippen molar-refractivity contribution in [3.05, 3.63) is 99.6 Å². The zero-order chi connectivity index (χ0) is 13.1. The Morgan fingerprint density at radius 3 is 1.65 bits per heavy atom. The van der Waals surface area contributed by atoms with Crippen LogP contribution in [0.5, 0.6) is 0 Å². The molecule has 2 bridgehead atoms. The van der Waals surface area contributed by atoms with E-state index < -0.39 is 0 Å². The summed E-state index contributed by atoms with van der Waals surface area (Å²) in [5.74, 6) is 3.18. The van der Waals surface area contributed by atoms with Crippen LogP contribution in [-0.4, -0.2) is 0 Å². The Morgan fingerprint density at radius 2 is 1.05 bits per heavy atom. The molecule has 0 N–H and O–H groups in total. The first-order valence-corrected chi connectivity index (χ1v) is 8.04. The molecule has 1 aromatic heterocycles. The molecule has 0 nitrogen and oxygen atoms in total. The average Bonchev–Trinajstić information content (AvgIpc) is 2.54. The van der Waals surface area contributed by atoms with Crippen molar-refractivity contribution in [2.75, 3.05) is 0 Å². The highest BCUT2D eigenvalue weighted by Crippen LogP contribution is 2.57. The molecule has 3 aliphatic rings. The molecule has 20 heavy (non-hydrogen) atoms. The van der Waals surface area contributed by atoms with Crippen molar-refractivity contribution in [3.63, 3.8) is 0 Å². The predicted octanol–water partition coefficient (Wildman–Crippen LogP) is 5.25. The quantitative estimate of drug-likeness (QED) is 0.361. The third-order valence-corrected chi connectivity index (χ3v) is 5.81. The number of hydrogen-bond donors (Lipinski definition) is 0. The minimum atomic E-state index is 0.444. The van der Waals surface area contributed by atoms with Crippen molar-refractivity contribution >= 4 is 8.19 Å². The van der Waals surface area contributed by atoms with E-state index in [9.17, 15) is 0 Å². The summed E-state index contributed by atoms with van der Waals surface area (Å²) >= 11 is 0. The molecule has 0 atom stereocenters. The van der Waals surface area contributed by atoms with Crippen LogP contribution in [0.1, 0.15) is 44.9 Å². The first kappa shape index (κ1) is 10.8. The van der Waals surface area contributed by atoms with Gasteiger partial charge >= 0.3 is 0 Å². The summed E-state index contributed by atoms with van der Waals surface area (Å²) in [6.07, 6.45) is 0. The van der Waals surface area contributed by atoms with Gasteiger partial charge in [-0.1, -0.05) is 68.9 Å². The van der Waals surface area contributed by atoms with Crippen LogP contribution in [-0.2, 0) is 0 Å². The summed E-state index contributed by atoms with van der Waals surface area (Å²) in [5, 5.41) is 1.59. The smallest absolute Gasteiger partial charge is 0.0392 e. The molecule has 0 amide bonds. The molecule has 94 valence electrons. The summed E-state index contributed by atoms with van der Waals surface area (Å²) in [7, 11) is 1.37. The first-order chi connectivity index (χ1) is 9.95. The van der Waals surface area contributed by atoms with Crippen LogP contribution in [0.2, 0.25) is 0 Å². The highest BCUT2D eigenvalue weighted by molar-refractivity contribution is 7.30. The topological polar surface area (TPSA) is 0 Å². The van der Waals surface area contributed by atoms with E-state index in [0.717, 1.165) is 0 Å². The minimum absolute atomic E-state index is 0.444. The number of benzene rings is 2. The van der Waals surface area contributed by atoms with Crippen LogP contribution in [0.15, 0.2) is 66.5 Å². The van der Waals surface area contributed by atoms with Crippen LogP contribution in [0, 0.1) is 0 Å². The molecule has 2 aromatic carbocycles. The molecule has 0 saturated heterocycles. The van der Waals surface area contributed by atoms with Gasteiger partial charge in [-0.3, -0.25) is 0 Å². The summed E-state index contributed by atoms with van der Waals surface area (Å²) in [6.45, 7) is 0. The molecular formula is C19H13P. The Labute approximate surface area is 120 Å². The standard InChI is InChI=1S/C19H13P/c1-3-8-14-12(6-1)17-13-7-2-4-9-15(13)18(14)19-16(17)10-5-11-20-19/h1-11,17-18H. The lowest BCUT2D eigenvalue weighted by Gasteiger charge is -2.41. The SMILES string of the molecule is c1ccc2c(c1)C1c3ccccc3C2c2pcccc21. The van der Waals surface area contributed by atoms with E-state index >= 15 is 0 Å². The second-order valence-electron chi connectivity index (χ2n) is 5.60. The molecule has 0 radical (unpaired) electrons. The molecule has 0 fully saturated rings. The Balaban J connectivity index is 1.93. The number of hydrogen-bond acceptors (Lipinski definition) is 0. The molecule has 3 aromatic rings. The first-order valence-electron chi connectivity index (χ1n) is 7.07. The molecule has 6 rings (SSSR count). The van der Waals surface area contributed by atoms with Crippen molar-refractivity contribution in [1.29, 1.82) is 0 Å². The maximum Gasteiger partial charge on any atom is 0.0392 e.